The van der Waals surface area contributed by atoms with Gasteiger partial charge in [0.1, 0.15) is 11.6 Å². The van der Waals surface area contributed by atoms with E-state index >= 15 is 0 Å². The first-order valence-electron chi connectivity index (χ1n) is 7.93. The zero-order valence-electron chi connectivity index (χ0n) is 13.5. The molecule has 0 unspecified atom stereocenters. The molecule has 0 fully saturated rings. The van der Waals surface area contributed by atoms with Gasteiger partial charge in [0, 0.05) is 39.3 Å². The van der Waals surface area contributed by atoms with E-state index in [1.807, 2.05) is 36.4 Å². The number of carbonyl (C=O) groups is 1. The van der Waals surface area contributed by atoms with Crippen molar-refractivity contribution in [3.8, 4) is 6.07 Å². The highest BCUT2D eigenvalue weighted by molar-refractivity contribution is 6.31. The molecule has 5 heteroatoms. The Bertz CT molecular complexity index is 1230. The van der Waals surface area contributed by atoms with E-state index in [0.29, 0.717) is 10.6 Å². The van der Waals surface area contributed by atoms with E-state index < -0.39 is 0 Å². The lowest BCUT2D eigenvalue weighted by atomic mass is 10.0. The summed E-state index contributed by atoms with van der Waals surface area (Å²) in [5, 5.41) is 11.8. The van der Waals surface area contributed by atoms with Gasteiger partial charge in [-0.25, -0.2) is 0 Å². The Morgan fingerprint density at radius 3 is 2.92 bits per heavy atom. The summed E-state index contributed by atoms with van der Waals surface area (Å²) in [6.45, 7) is 0. The number of aromatic amines is 1. The summed E-state index contributed by atoms with van der Waals surface area (Å²) in [5.41, 5.74) is 2.92. The normalized spacial score (nSPS) is 11.6. The number of nitriles is 1. The average molecular weight is 358 g/mol. The van der Waals surface area contributed by atoms with Gasteiger partial charge in [0.25, 0.3) is 0 Å². The lowest BCUT2D eigenvalue weighted by molar-refractivity contribution is 0.104. The number of nitrogens with one attached hydrogen (secondary N) is 1. The van der Waals surface area contributed by atoms with Crippen molar-refractivity contribution in [2.75, 3.05) is 0 Å². The number of hydrogen-bond acceptors (Lipinski definition) is 3. The lowest BCUT2D eigenvalue weighted by Crippen LogP contribution is -2.01. The van der Waals surface area contributed by atoms with E-state index in [0.717, 1.165) is 27.4 Å². The highest BCUT2D eigenvalue weighted by atomic mass is 35.5. The number of H-pyrrole nitrogens is 1. The number of aromatic nitrogens is 2. The van der Waals surface area contributed by atoms with Crippen molar-refractivity contribution in [3.63, 3.8) is 0 Å². The second-order valence-electron chi connectivity index (χ2n) is 5.85. The standard InChI is InChI=1S/C21H12ClN3O/c22-16-4-5-17-18(12-25-20(17)10-16)21(26)15(11-23)9-13-3-6-19-14(8-13)2-1-7-24-19/h1-10,12,25H/b15-9-. The van der Waals surface area contributed by atoms with Crippen LogP contribution in [0.15, 0.2) is 66.5 Å². The van der Waals surface area contributed by atoms with E-state index in [1.165, 1.54) is 0 Å². The monoisotopic (exact) mass is 357 g/mol. The molecule has 1 N–H and O–H groups in total. The van der Waals surface area contributed by atoms with Gasteiger partial charge < -0.3 is 4.98 Å². The van der Waals surface area contributed by atoms with Crippen LogP contribution in [0.3, 0.4) is 0 Å². The van der Waals surface area contributed by atoms with Gasteiger partial charge in [0.15, 0.2) is 0 Å². The first-order valence-corrected chi connectivity index (χ1v) is 8.31. The Hall–Kier alpha value is -3.42. The van der Waals surface area contributed by atoms with Crippen molar-refractivity contribution < 1.29 is 4.79 Å². The van der Waals surface area contributed by atoms with Crippen LogP contribution in [0.4, 0.5) is 0 Å². The molecule has 0 atom stereocenters. The summed E-state index contributed by atoms with van der Waals surface area (Å²) < 4.78 is 0. The first kappa shape index (κ1) is 16.1. The minimum absolute atomic E-state index is 0.0732. The van der Waals surface area contributed by atoms with Crippen molar-refractivity contribution in [2.24, 2.45) is 0 Å². The van der Waals surface area contributed by atoms with E-state index in [1.54, 1.807) is 36.7 Å². The molecule has 0 bridgehead atoms. The highest BCUT2D eigenvalue weighted by Crippen LogP contribution is 2.25. The summed E-state index contributed by atoms with van der Waals surface area (Å²) in [7, 11) is 0. The van der Waals surface area contributed by atoms with Crippen LogP contribution in [-0.4, -0.2) is 15.8 Å². The zero-order valence-corrected chi connectivity index (χ0v) is 14.3. The van der Waals surface area contributed by atoms with Gasteiger partial charge in [-0.1, -0.05) is 29.8 Å². The molecule has 0 aliphatic rings. The molecule has 124 valence electrons. The summed E-state index contributed by atoms with van der Waals surface area (Å²) in [6.07, 6.45) is 4.94. The number of nitrogens with zero attached hydrogens (tertiary/aromatic N) is 2. The van der Waals surface area contributed by atoms with Gasteiger partial charge in [-0.05, 0) is 42.0 Å². The zero-order chi connectivity index (χ0) is 18.1. The highest BCUT2D eigenvalue weighted by Gasteiger charge is 2.17. The van der Waals surface area contributed by atoms with Gasteiger partial charge in [0.2, 0.25) is 5.78 Å². The number of hydrogen-bond donors (Lipinski definition) is 1. The van der Waals surface area contributed by atoms with E-state index in [4.69, 9.17) is 11.6 Å². The molecule has 0 saturated carbocycles. The SMILES string of the molecule is N#C/C(=C/c1ccc2ncccc2c1)C(=O)c1c[nH]c2cc(Cl)ccc12. The topological polar surface area (TPSA) is 69.5 Å². The molecule has 4 aromatic rings. The number of Topliss-reactive ketones (excluding diaryl/α,β-unsaturated/α-hetero) is 1. The van der Waals surface area contributed by atoms with E-state index in [-0.39, 0.29) is 11.4 Å². The Balaban J connectivity index is 1.76. The molecule has 2 heterocycles. The van der Waals surface area contributed by atoms with E-state index in [9.17, 15) is 10.1 Å². The van der Waals surface area contributed by atoms with Crippen LogP contribution in [0.25, 0.3) is 27.9 Å². The molecule has 0 radical (unpaired) electrons. The van der Waals surface area contributed by atoms with Gasteiger partial charge in [-0.3, -0.25) is 9.78 Å². The van der Waals surface area contributed by atoms with Crippen molar-refractivity contribution in [1.29, 1.82) is 5.26 Å². The smallest absolute Gasteiger partial charge is 0.205 e. The molecule has 0 aliphatic carbocycles. The summed E-state index contributed by atoms with van der Waals surface area (Å²) in [4.78, 5) is 20.1. The molecule has 0 saturated heterocycles. The fraction of sp³-hybridized carbons (Fsp3) is 0. The number of benzene rings is 2. The largest absolute Gasteiger partial charge is 0.360 e. The molecule has 4 nitrogen and oxygen atoms in total. The van der Waals surface area contributed by atoms with Crippen molar-refractivity contribution in [1.82, 2.24) is 9.97 Å². The number of rotatable bonds is 3. The third kappa shape index (κ3) is 2.85. The lowest BCUT2D eigenvalue weighted by Gasteiger charge is -2.01. The summed E-state index contributed by atoms with van der Waals surface area (Å²) >= 11 is 5.98. The maximum Gasteiger partial charge on any atom is 0.205 e. The quantitative estimate of drug-likeness (QED) is 0.313. The predicted molar refractivity (Wildman–Crippen MR) is 103 cm³/mol. The van der Waals surface area contributed by atoms with Crippen LogP contribution < -0.4 is 0 Å². The molecule has 26 heavy (non-hydrogen) atoms. The van der Waals surface area contributed by atoms with Crippen molar-refractivity contribution in [3.05, 3.63) is 82.6 Å². The predicted octanol–water partition coefficient (Wildman–Crippen LogP) is 5.16. The molecule has 4 rings (SSSR count). The molecular weight excluding hydrogens is 346 g/mol. The van der Waals surface area contributed by atoms with Crippen LogP contribution in [0, 0.1) is 11.3 Å². The molecule has 2 aromatic carbocycles. The first-order chi connectivity index (χ1) is 12.7. The number of pyridine rings is 1. The number of allylic oxidation sites excluding steroid dienone is 1. The number of halogens is 1. The van der Waals surface area contributed by atoms with Crippen LogP contribution in [0.2, 0.25) is 5.02 Å². The van der Waals surface area contributed by atoms with Gasteiger partial charge >= 0.3 is 0 Å². The maximum atomic E-state index is 12.8. The molecule has 2 aromatic heterocycles. The maximum absolute atomic E-state index is 12.8. The number of carbonyl (C=O) groups excluding carboxylic acids is 1. The van der Waals surface area contributed by atoms with Crippen LogP contribution in [-0.2, 0) is 0 Å². The minimum Gasteiger partial charge on any atom is -0.360 e. The van der Waals surface area contributed by atoms with Crippen LogP contribution in [0.5, 0.6) is 0 Å². The minimum atomic E-state index is -0.327. The molecule has 0 spiro atoms. The Morgan fingerprint density at radius 2 is 2.08 bits per heavy atom. The molecule has 0 aliphatic heterocycles. The van der Waals surface area contributed by atoms with Crippen molar-refractivity contribution >= 4 is 45.3 Å². The molecule has 0 amide bonds. The van der Waals surface area contributed by atoms with Gasteiger partial charge in [-0.15, -0.1) is 0 Å². The second-order valence-corrected chi connectivity index (χ2v) is 6.28. The Labute approximate surface area is 154 Å². The third-order valence-corrected chi connectivity index (χ3v) is 4.43. The van der Waals surface area contributed by atoms with Crippen LogP contribution in [0.1, 0.15) is 15.9 Å². The number of ketones is 1. The fourth-order valence-electron chi connectivity index (χ4n) is 2.93. The molecular formula is C21H12ClN3O. The van der Waals surface area contributed by atoms with Crippen LogP contribution >= 0.6 is 11.6 Å². The van der Waals surface area contributed by atoms with Crippen molar-refractivity contribution in [2.45, 2.75) is 0 Å². The second kappa shape index (κ2) is 6.47. The van der Waals surface area contributed by atoms with Gasteiger partial charge in [0.05, 0.1) is 5.52 Å². The summed E-state index contributed by atoms with van der Waals surface area (Å²) in [5.74, 6) is -0.327. The Kier molecular flexibility index (Phi) is 4.00. The van der Waals surface area contributed by atoms with Gasteiger partial charge in [-0.2, -0.15) is 5.26 Å². The summed E-state index contributed by atoms with van der Waals surface area (Å²) in [6, 6.07) is 16.7. The average Bonchev–Trinajstić information content (AvgIpc) is 3.08. The third-order valence-electron chi connectivity index (χ3n) is 4.19. The Morgan fingerprint density at radius 1 is 1.19 bits per heavy atom. The fourth-order valence-corrected chi connectivity index (χ4v) is 3.10. The van der Waals surface area contributed by atoms with E-state index in [2.05, 4.69) is 9.97 Å². The number of fused-ring (bicyclic) bond motifs is 2.